The number of aryl methyl sites for hydroxylation is 1. The van der Waals surface area contributed by atoms with E-state index >= 15 is 0 Å². The van der Waals surface area contributed by atoms with Crippen LogP contribution in [0.1, 0.15) is 21.7 Å². The summed E-state index contributed by atoms with van der Waals surface area (Å²) in [4.78, 5) is 30.0. The van der Waals surface area contributed by atoms with Crippen LogP contribution < -0.4 is 5.56 Å². The number of esters is 1. The van der Waals surface area contributed by atoms with E-state index in [9.17, 15) is 9.59 Å². The molecule has 0 N–H and O–H groups in total. The van der Waals surface area contributed by atoms with Crippen LogP contribution in [-0.2, 0) is 4.74 Å². The molecule has 192 valence electrons. The summed E-state index contributed by atoms with van der Waals surface area (Å²) in [5, 5.41) is 5.75. The van der Waals surface area contributed by atoms with E-state index in [-0.39, 0.29) is 11.4 Å². The second kappa shape index (κ2) is 9.85. The molecule has 9 heteroatoms. The molecule has 0 atom stereocenters. The minimum Gasteiger partial charge on any atom is -0.465 e. The van der Waals surface area contributed by atoms with E-state index in [1.807, 2.05) is 37.3 Å². The highest BCUT2D eigenvalue weighted by Gasteiger charge is 2.17. The van der Waals surface area contributed by atoms with Gasteiger partial charge in [0.1, 0.15) is 17.1 Å². The summed E-state index contributed by atoms with van der Waals surface area (Å²) in [5.41, 5.74) is 2.99. The smallest absolute Gasteiger partial charge is 0.337 e. The molecule has 8 nitrogen and oxygen atoms in total. The van der Waals surface area contributed by atoms with Gasteiger partial charge < -0.3 is 13.6 Å². The Hall–Kier alpha value is -4.76. The Kier molecular flexibility index (Phi) is 6.20. The van der Waals surface area contributed by atoms with Gasteiger partial charge in [-0.05, 0) is 73.2 Å². The maximum Gasteiger partial charge on any atom is 0.337 e. The summed E-state index contributed by atoms with van der Waals surface area (Å²) >= 11 is 3.48. The predicted molar refractivity (Wildman–Crippen MR) is 152 cm³/mol. The number of methoxy groups -OCH3 is 1. The maximum absolute atomic E-state index is 13.5. The van der Waals surface area contributed by atoms with Gasteiger partial charge in [0, 0.05) is 15.4 Å². The largest absolute Gasteiger partial charge is 0.465 e. The number of ether oxygens (including phenoxy) is 1. The summed E-state index contributed by atoms with van der Waals surface area (Å²) in [7, 11) is 1.35. The molecule has 3 aromatic carbocycles. The average Bonchev–Trinajstić information content (AvgIpc) is 3.59. The molecule has 39 heavy (non-hydrogen) atoms. The molecule has 0 aliphatic carbocycles. The van der Waals surface area contributed by atoms with Crippen molar-refractivity contribution in [2.75, 3.05) is 7.11 Å². The van der Waals surface area contributed by atoms with Crippen molar-refractivity contribution in [3.05, 3.63) is 111 Å². The molecule has 0 aliphatic heterocycles. The monoisotopic (exact) mass is 581 g/mol. The first-order valence-electron chi connectivity index (χ1n) is 12.0. The van der Waals surface area contributed by atoms with Crippen LogP contribution in [0.15, 0.2) is 102 Å². The first-order valence-corrected chi connectivity index (χ1v) is 12.8. The van der Waals surface area contributed by atoms with Gasteiger partial charge in [-0.3, -0.25) is 4.79 Å². The van der Waals surface area contributed by atoms with Gasteiger partial charge in [-0.15, -0.1) is 0 Å². The minimum absolute atomic E-state index is 0.267. The number of hydrogen-bond acceptors (Lipinski definition) is 7. The Morgan fingerprint density at radius 2 is 1.85 bits per heavy atom. The number of para-hydroxylation sites is 1. The number of halogens is 1. The van der Waals surface area contributed by atoms with Crippen molar-refractivity contribution in [1.82, 2.24) is 9.66 Å². The number of nitrogens with zero attached hydrogens (tertiary/aromatic N) is 3. The zero-order valence-electron chi connectivity index (χ0n) is 20.8. The first kappa shape index (κ1) is 24.6. The molecule has 6 aromatic rings. The van der Waals surface area contributed by atoms with Gasteiger partial charge >= 0.3 is 5.97 Å². The van der Waals surface area contributed by atoms with Crippen LogP contribution in [0, 0.1) is 6.92 Å². The van der Waals surface area contributed by atoms with Crippen LogP contribution in [0.5, 0.6) is 0 Å². The maximum atomic E-state index is 13.5. The zero-order chi connectivity index (χ0) is 27.1. The quantitative estimate of drug-likeness (QED) is 0.164. The van der Waals surface area contributed by atoms with Crippen molar-refractivity contribution in [3.63, 3.8) is 0 Å². The number of carbonyl (C=O) groups excluding carboxylic acids is 1. The number of benzene rings is 3. The van der Waals surface area contributed by atoms with E-state index in [4.69, 9.17) is 18.6 Å². The Balaban J connectivity index is 1.41. The van der Waals surface area contributed by atoms with Gasteiger partial charge in [0.2, 0.25) is 5.82 Å². The molecule has 3 aromatic heterocycles. The molecule has 0 unspecified atom stereocenters. The van der Waals surface area contributed by atoms with Gasteiger partial charge in [-0.1, -0.05) is 34.1 Å². The van der Waals surface area contributed by atoms with Crippen molar-refractivity contribution >= 4 is 50.0 Å². The second-order valence-corrected chi connectivity index (χ2v) is 9.75. The number of aromatic nitrogens is 2. The third kappa shape index (κ3) is 4.57. The summed E-state index contributed by atoms with van der Waals surface area (Å²) in [6.45, 7) is 1.89. The fourth-order valence-corrected chi connectivity index (χ4v) is 4.76. The van der Waals surface area contributed by atoms with Crippen LogP contribution in [0.4, 0.5) is 0 Å². The van der Waals surface area contributed by atoms with E-state index in [2.05, 4.69) is 21.0 Å². The Morgan fingerprint density at radius 3 is 2.67 bits per heavy atom. The summed E-state index contributed by atoms with van der Waals surface area (Å²) in [6.07, 6.45) is 1.46. The van der Waals surface area contributed by atoms with Gasteiger partial charge in [-0.2, -0.15) is 9.78 Å². The molecular weight excluding hydrogens is 562 g/mol. The van der Waals surface area contributed by atoms with Gasteiger partial charge in [-0.25, -0.2) is 9.78 Å². The van der Waals surface area contributed by atoms with Crippen LogP contribution in [0.2, 0.25) is 0 Å². The van der Waals surface area contributed by atoms with Crippen molar-refractivity contribution in [3.8, 4) is 22.9 Å². The summed E-state index contributed by atoms with van der Waals surface area (Å²) < 4.78 is 19.0. The molecule has 6 rings (SSSR count). The SMILES string of the molecule is COC(=O)c1ccc(-c2ccc(C=Nn3c(-c4cc5cc(Br)ccc5o4)nc4ccccc4c3=O)o2)c(C)c1. The average molecular weight is 582 g/mol. The second-order valence-electron chi connectivity index (χ2n) is 8.83. The lowest BCUT2D eigenvalue weighted by Crippen LogP contribution is -2.20. The fraction of sp³-hybridized carbons (Fsp3) is 0.0667. The zero-order valence-corrected chi connectivity index (χ0v) is 22.4. The molecule has 0 fully saturated rings. The third-order valence-corrected chi connectivity index (χ3v) is 6.79. The molecular formula is C30H20BrN3O5. The van der Waals surface area contributed by atoms with Crippen LogP contribution in [0.3, 0.4) is 0 Å². The van der Waals surface area contributed by atoms with Gasteiger partial charge in [0.25, 0.3) is 5.56 Å². The Labute approximate surface area is 230 Å². The number of hydrogen-bond donors (Lipinski definition) is 0. The number of fused-ring (bicyclic) bond motifs is 2. The number of carbonyl (C=O) groups is 1. The minimum atomic E-state index is -0.403. The lowest BCUT2D eigenvalue weighted by molar-refractivity contribution is 0.0600. The lowest BCUT2D eigenvalue weighted by atomic mass is 10.0. The molecule has 0 spiro atoms. The van der Waals surface area contributed by atoms with Crippen molar-refractivity contribution in [1.29, 1.82) is 0 Å². The summed E-state index contributed by atoms with van der Waals surface area (Å²) in [5.74, 6) is 1.30. The first-order chi connectivity index (χ1) is 18.9. The van der Waals surface area contributed by atoms with Crippen molar-refractivity contribution in [2.24, 2.45) is 5.10 Å². The van der Waals surface area contributed by atoms with Gasteiger partial charge in [0.15, 0.2) is 5.76 Å². The topological polar surface area (TPSA) is 99.8 Å². The van der Waals surface area contributed by atoms with Crippen LogP contribution in [0.25, 0.3) is 44.8 Å². The lowest BCUT2D eigenvalue weighted by Gasteiger charge is -2.07. The molecule has 0 bridgehead atoms. The van der Waals surface area contributed by atoms with Crippen molar-refractivity contribution < 1.29 is 18.4 Å². The molecule has 0 aliphatic rings. The molecule has 0 amide bonds. The highest BCUT2D eigenvalue weighted by atomic mass is 79.9. The number of rotatable bonds is 5. The molecule has 0 saturated heterocycles. The highest BCUT2D eigenvalue weighted by molar-refractivity contribution is 9.10. The van der Waals surface area contributed by atoms with E-state index in [1.165, 1.54) is 18.0 Å². The summed E-state index contributed by atoms with van der Waals surface area (Å²) in [6, 6.07) is 23.4. The van der Waals surface area contributed by atoms with Crippen LogP contribution >= 0.6 is 15.9 Å². The van der Waals surface area contributed by atoms with E-state index < -0.39 is 5.97 Å². The van der Waals surface area contributed by atoms with Crippen LogP contribution in [-0.4, -0.2) is 29.0 Å². The van der Waals surface area contributed by atoms with Gasteiger partial charge in [0.05, 0.1) is 29.8 Å². The standard InChI is InChI=1S/C30H20BrN3O5/c1-17-13-18(30(36)37-2)7-10-22(17)26-12-9-21(38-26)16-32-34-28(33-24-6-4-3-5-23(24)29(34)35)27-15-19-14-20(31)8-11-25(19)39-27/h3-16H,1-2H3. The Morgan fingerprint density at radius 1 is 1.00 bits per heavy atom. The molecule has 0 saturated carbocycles. The normalized spacial score (nSPS) is 11.6. The van der Waals surface area contributed by atoms with E-state index in [0.29, 0.717) is 39.3 Å². The Bertz CT molecular complexity index is 1980. The van der Waals surface area contributed by atoms with E-state index in [1.54, 1.807) is 48.5 Å². The fourth-order valence-electron chi connectivity index (χ4n) is 4.38. The highest BCUT2D eigenvalue weighted by Crippen LogP contribution is 2.30. The van der Waals surface area contributed by atoms with Crippen molar-refractivity contribution in [2.45, 2.75) is 6.92 Å². The third-order valence-electron chi connectivity index (χ3n) is 6.29. The molecule has 3 heterocycles. The van der Waals surface area contributed by atoms with E-state index in [0.717, 1.165) is 21.0 Å². The molecule has 0 radical (unpaired) electrons. The predicted octanol–water partition coefficient (Wildman–Crippen LogP) is 6.81. The number of furan rings is 2.